The summed E-state index contributed by atoms with van der Waals surface area (Å²) in [7, 11) is 1.72. The van der Waals surface area contributed by atoms with Gasteiger partial charge in [-0.05, 0) is 30.3 Å². The van der Waals surface area contributed by atoms with Crippen LogP contribution in [0.5, 0.6) is 0 Å². The fourth-order valence-electron chi connectivity index (χ4n) is 1.73. The number of carbonyl (C=O) groups is 1. The molecule has 0 spiro atoms. The first kappa shape index (κ1) is 14.9. The van der Waals surface area contributed by atoms with Gasteiger partial charge in [-0.3, -0.25) is 4.79 Å². The molecule has 1 amide bonds. The van der Waals surface area contributed by atoms with Gasteiger partial charge in [-0.1, -0.05) is 41.6 Å². The largest absolute Gasteiger partial charge is 0.322 e. The predicted octanol–water partition coefficient (Wildman–Crippen LogP) is 3.41. The van der Waals surface area contributed by atoms with Crippen molar-refractivity contribution in [1.82, 2.24) is 0 Å². The second-order valence-corrected chi connectivity index (χ2v) is 5.74. The summed E-state index contributed by atoms with van der Waals surface area (Å²) in [4.78, 5) is 15.3. The molecule has 0 atom stereocenters. The summed E-state index contributed by atoms with van der Waals surface area (Å²) in [6.45, 7) is -0.0193. The van der Waals surface area contributed by atoms with Crippen LogP contribution in [0.4, 0.5) is 5.69 Å². The van der Waals surface area contributed by atoms with Gasteiger partial charge < -0.3 is 10.6 Å². The summed E-state index contributed by atoms with van der Waals surface area (Å²) in [5, 5.41) is 0.640. The molecule has 0 aromatic heterocycles. The van der Waals surface area contributed by atoms with E-state index in [0.717, 1.165) is 15.5 Å². The fraction of sp³-hybridized carbons (Fsp3) is 0.133. The lowest BCUT2D eigenvalue weighted by atomic mass is 10.3. The van der Waals surface area contributed by atoms with Crippen LogP contribution in [0.25, 0.3) is 0 Å². The minimum absolute atomic E-state index is 0.0193. The van der Waals surface area contributed by atoms with E-state index in [2.05, 4.69) is 0 Å². The monoisotopic (exact) mass is 306 g/mol. The Morgan fingerprint density at radius 3 is 2.60 bits per heavy atom. The SMILES string of the molecule is CN(C(=O)CN)c1ccc(Cl)cc1Sc1ccccc1. The first-order valence-corrected chi connectivity index (χ1v) is 7.30. The van der Waals surface area contributed by atoms with Crippen molar-refractivity contribution in [3.8, 4) is 0 Å². The first-order chi connectivity index (χ1) is 9.61. The fourth-order valence-corrected chi connectivity index (χ4v) is 3.01. The Kier molecular flexibility index (Phi) is 5.06. The summed E-state index contributed by atoms with van der Waals surface area (Å²) in [6.07, 6.45) is 0. The van der Waals surface area contributed by atoms with Gasteiger partial charge in [0, 0.05) is 21.9 Å². The average molecular weight is 307 g/mol. The molecule has 0 unspecified atom stereocenters. The molecule has 3 nitrogen and oxygen atoms in total. The van der Waals surface area contributed by atoms with Gasteiger partial charge in [-0.25, -0.2) is 0 Å². The van der Waals surface area contributed by atoms with Gasteiger partial charge in [-0.2, -0.15) is 0 Å². The molecule has 2 rings (SSSR count). The highest BCUT2D eigenvalue weighted by molar-refractivity contribution is 7.99. The lowest BCUT2D eigenvalue weighted by molar-refractivity contribution is -0.117. The lowest BCUT2D eigenvalue weighted by Crippen LogP contribution is -2.32. The molecule has 2 aromatic carbocycles. The van der Waals surface area contributed by atoms with Crippen molar-refractivity contribution < 1.29 is 4.79 Å². The predicted molar refractivity (Wildman–Crippen MR) is 84.5 cm³/mol. The molecule has 0 radical (unpaired) electrons. The number of amides is 1. The molecule has 0 fully saturated rings. The van der Waals surface area contributed by atoms with Gasteiger partial charge in [0.2, 0.25) is 5.91 Å². The van der Waals surface area contributed by atoms with Crippen LogP contribution in [0.15, 0.2) is 58.3 Å². The molecular formula is C15H15ClN2OS. The Bertz CT molecular complexity index is 604. The van der Waals surface area contributed by atoms with Gasteiger partial charge in [-0.15, -0.1) is 0 Å². The van der Waals surface area contributed by atoms with Gasteiger partial charge in [0.15, 0.2) is 0 Å². The third-order valence-electron chi connectivity index (χ3n) is 2.80. The zero-order chi connectivity index (χ0) is 14.5. The molecule has 20 heavy (non-hydrogen) atoms. The molecule has 0 saturated carbocycles. The number of anilines is 1. The molecule has 2 aromatic rings. The van der Waals surface area contributed by atoms with Crippen molar-refractivity contribution in [3.05, 3.63) is 53.6 Å². The maximum atomic E-state index is 11.8. The number of benzene rings is 2. The van der Waals surface area contributed by atoms with E-state index in [1.54, 1.807) is 29.8 Å². The Hall–Kier alpha value is -1.49. The molecule has 5 heteroatoms. The Morgan fingerprint density at radius 1 is 1.25 bits per heavy atom. The van der Waals surface area contributed by atoms with Gasteiger partial charge >= 0.3 is 0 Å². The summed E-state index contributed by atoms with van der Waals surface area (Å²) >= 11 is 7.63. The molecule has 0 heterocycles. The molecule has 0 aliphatic heterocycles. The van der Waals surface area contributed by atoms with E-state index in [4.69, 9.17) is 17.3 Å². The number of nitrogens with two attached hydrogens (primary N) is 1. The molecular weight excluding hydrogens is 292 g/mol. The van der Waals surface area contributed by atoms with Crippen LogP contribution < -0.4 is 10.6 Å². The third kappa shape index (κ3) is 3.54. The third-order valence-corrected chi connectivity index (χ3v) is 4.09. The van der Waals surface area contributed by atoms with Crippen molar-refractivity contribution >= 4 is 35.0 Å². The van der Waals surface area contributed by atoms with Crippen LogP contribution in [0.2, 0.25) is 5.02 Å². The normalized spacial score (nSPS) is 10.3. The second kappa shape index (κ2) is 6.79. The first-order valence-electron chi connectivity index (χ1n) is 6.11. The van der Waals surface area contributed by atoms with Crippen molar-refractivity contribution in [1.29, 1.82) is 0 Å². The number of rotatable bonds is 4. The maximum absolute atomic E-state index is 11.8. The van der Waals surface area contributed by atoms with Crippen LogP contribution in [0.3, 0.4) is 0 Å². The van der Waals surface area contributed by atoms with Crippen molar-refractivity contribution in [2.45, 2.75) is 9.79 Å². The summed E-state index contributed by atoms with van der Waals surface area (Å²) in [6, 6.07) is 15.4. The van der Waals surface area contributed by atoms with Crippen molar-refractivity contribution in [2.24, 2.45) is 5.73 Å². The number of hydrogen-bond acceptors (Lipinski definition) is 3. The lowest BCUT2D eigenvalue weighted by Gasteiger charge is -2.20. The molecule has 0 saturated heterocycles. The van der Waals surface area contributed by atoms with Gasteiger partial charge in [0.05, 0.1) is 12.2 Å². The van der Waals surface area contributed by atoms with E-state index in [9.17, 15) is 4.79 Å². The molecule has 0 aliphatic carbocycles. The zero-order valence-corrected chi connectivity index (χ0v) is 12.6. The summed E-state index contributed by atoms with van der Waals surface area (Å²) in [5.41, 5.74) is 6.22. The number of hydrogen-bond donors (Lipinski definition) is 1. The van der Waals surface area contributed by atoms with Crippen LogP contribution in [-0.2, 0) is 4.79 Å². The Labute approximate surface area is 127 Å². The highest BCUT2D eigenvalue weighted by Gasteiger charge is 2.14. The van der Waals surface area contributed by atoms with Crippen LogP contribution >= 0.6 is 23.4 Å². The number of carbonyl (C=O) groups excluding carboxylic acids is 1. The molecule has 0 bridgehead atoms. The maximum Gasteiger partial charge on any atom is 0.240 e. The zero-order valence-electron chi connectivity index (χ0n) is 11.0. The smallest absolute Gasteiger partial charge is 0.240 e. The average Bonchev–Trinajstić information content (AvgIpc) is 2.47. The van der Waals surface area contributed by atoms with E-state index < -0.39 is 0 Å². The highest BCUT2D eigenvalue weighted by atomic mass is 35.5. The Morgan fingerprint density at radius 2 is 1.95 bits per heavy atom. The Balaban J connectivity index is 2.36. The van der Waals surface area contributed by atoms with Gasteiger partial charge in [0.1, 0.15) is 0 Å². The van der Waals surface area contributed by atoms with E-state index in [-0.39, 0.29) is 12.5 Å². The van der Waals surface area contributed by atoms with E-state index in [0.29, 0.717) is 5.02 Å². The minimum atomic E-state index is -0.137. The minimum Gasteiger partial charge on any atom is -0.322 e. The van der Waals surface area contributed by atoms with Crippen molar-refractivity contribution in [2.75, 3.05) is 18.5 Å². The number of nitrogens with zero attached hydrogens (tertiary/aromatic N) is 1. The number of halogens is 1. The van der Waals surface area contributed by atoms with Crippen LogP contribution in [0.1, 0.15) is 0 Å². The quantitative estimate of drug-likeness (QED) is 0.941. The highest BCUT2D eigenvalue weighted by Crippen LogP contribution is 2.36. The molecule has 2 N–H and O–H groups in total. The van der Waals surface area contributed by atoms with Crippen LogP contribution in [-0.4, -0.2) is 19.5 Å². The summed E-state index contributed by atoms with van der Waals surface area (Å²) in [5.74, 6) is -0.137. The van der Waals surface area contributed by atoms with Gasteiger partial charge in [0.25, 0.3) is 0 Å². The number of likely N-dealkylation sites (N-methyl/N-ethyl adjacent to an activating group) is 1. The second-order valence-electron chi connectivity index (χ2n) is 4.18. The van der Waals surface area contributed by atoms with E-state index in [1.807, 2.05) is 42.5 Å². The van der Waals surface area contributed by atoms with Crippen molar-refractivity contribution in [3.63, 3.8) is 0 Å². The van der Waals surface area contributed by atoms with Crippen LogP contribution in [0, 0.1) is 0 Å². The molecule has 104 valence electrons. The van der Waals surface area contributed by atoms with E-state index >= 15 is 0 Å². The summed E-state index contributed by atoms with van der Waals surface area (Å²) < 4.78 is 0. The topological polar surface area (TPSA) is 46.3 Å². The standard InChI is InChI=1S/C15H15ClN2OS/c1-18(15(19)10-17)13-8-7-11(16)9-14(13)20-12-5-3-2-4-6-12/h2-9H,10,17H2,1H3. The van der Waals surface area contributed by atoms with E-state index in [1.165, 1.54) is 0 Å². The molecule has 0 aliphatic rings.